The number of ether oxygens (including phenoxy) is 3. The Morgan fingerprint density at radius 3 is 2.48 bits per heavy atom. The molecule has 7 heteroatoms. The van der Waals surface area contributed by atoms with Crippen LogP contribution in [0.15, 0.2) is 46.9 Å². The summed E-state index contributed by atoms with van der Waals surface area (Å²) in [5.74, 6) is 0.893. The smallest absolute Gasteiger partial charge is 0.302 e. The molecule has 1 aliphatic rings. The number of benzene rings is 2. The fourth-order valence-electron chi connectivity index (χ4n) is 4.06. The molecule has 0 heterocycles. The zero-order valence-corrected chi connectivity index (χ0v) is 19.6. The van der Waals surface area contributed by atoms with Crippen LogP contribution in [0, 0.1) is 0 Å². The second-order valence-corrected chi connectivity index (χ2v) is 8.50. The molecule has 6 nitrogen and oxygen atoms in total. The maximum absolute atomic E-state index is 12.9. The topological polar surface area (TPSA) is 73.9 Å². The number of methoxy groups -OCH3 is 1. The zero-order valence-electron chi connectivity index (χ0n) is 18.0. The summed E-state index contributed by atoms with van der Waals surface area (Å²) in [6, 6.07) is 13.0. The number of hydrogen-bond donors (Lipinski definition) is 1. The van der Waals surface area contributed by atoms with Gasteiger partial charge in [-0.3, -0.25) is 9.59 Å². The van der Waals surface area contributed by atoms with Crippen LogP contribution in [0.1, 0.15) is 54.9 Å². The molecule has 1 fully saturated rings. The van der Waals surface area contributed by atoms with Crippen LogP contribution >= 0.6 is 15.9 Å². The summed E-state index contributed by atoms with van der Waals surface area (Å²) < 4.78 is 17.6. The lowest BCUT2D eigenvalue weighted by Crippen LogP contribution is -2.44. The van der Waals surface area contributed by atoms with Crippen molar-refractivity contribution in [2.75, 3.05) is 13.7 Å². The van der Waals surface area contributed by atoms with Crippen molar-refractivity contribution in [2.45, 2.75) is 51.2 Å². The average Bonchev–Trinajstić information content (AvgIpc) is 2.75. The zero-order chi connectivity index (χ0) is 22.4. The number of esters is 1. The van der Waals surface area contributed by atoms with E-state index in [0.717, 1.165) is 10.0 Å². The molecule has 3 atom stereocenters. The molecule has 3 unspecified atom stereocenters. The summed E-state index contributed by atoms with van der Waals surface area (Å²) in [6.45, 7) is 3.87. The molecule has 0 aliphatic heterocycles. The lowest BCUT2D eigenvalue weighted by molar-refractivity contribution is -0.148. The Labute approximate surface area is 191 Å². The highest BCUT2D eigenvalue weighted by Crippen LogP contribution is 2.38. The Kier molecular flexibility index (Phi) is 7.96. The van der Waals surface area contributed by atoms with Gasteiger partial charge in [0, 0.05) is 28.9 Å². The van der Waals surface area contributed by atoms with Crippen molar-refractivity contribution in [1.29, 1.82) is 0 Å². The van der Waals surface area contributed by atoms with Crippen molar-refractivity contribution in [3.8, 4) is 11.5 Å². The fourth-order valence-corrected chi connectivity index (χ4v) is 4.32. The van der Waals surface area contributed by atoms with E-state index in [-0.39, 0.29) is 29.9 Å². The van der Waals surface area contributed by atoms with E-state index in [1.807, 2.05) is 37.3 Å². The summed E-state index contributed by atoms with van der Waals surface area (Å²) in [4.78, 5) is 24.4. The first-order chi connectivity index (χ1) is 14.9. The molecule has 0 spiro atoms. The summed E-state index contributed by atoms with van der Waals surface area (Å²) in [5.41, 5.74) is 1.62. The molecule has 0 bridgehead atoms. The van der Waals surface area contributed by atoms with Crippen molar-refractivity contribution in [3.63, 3.8) is 0 Å². The number of halogens is 1. The quantitative estimate of drug-likeness (QED) is 0.562. The van der Waals surface area contributed by atoms with E-state index in [9.17, 15) is 9.59 Å². The third kappa shape index (κ3) is 6.00. The van der Waals surface area contributed by atoms with Crippen LogP contribution in [-0.2, 0) is 9.53 Å². The molecule has 1 aliphatic carbocycles. The van der Waals surface area contributed by atoms with Gasteiger partial charge < -0.3 is 19.5 Å². The maximum atomic E-state index is 12.9. The normalized spacial score (nSPS) is 20.6. The number of carbonyl (C=O) groups is 2. The molecule has 3 rings (SSSR count). The van der Waals surface area contributed by atoms with Gasteiger partial charge in [0.15, 0.2) is 11.5 Å². The summed E-state index contributed by atoms with van der Waals surface area (Å²) in [6.07, 6.45) is 1.86. The van der Waals surface area contributed by atoms with Gasteiger partial charge in [-0.05, 0) is 68.1 Å². The van der Waals surface area contributed by atoms with Gasteiger partial charge in [0.2, 0.25) is 0 Å². The third-order valence-corrected chi connectivity index (χ3v) is 6.00. The van der Waals surface area contributed by atoms with Gasteiger partial charge in [-0.15, -0.1) is 0 Å². The van der Waals surface area contributed by atoms with Gasteiger partial charge in [0.25, 0.3) is 5.91 Å². The summed E-state index contributed by atoms with van der Waals surface area (Å²) in [5, 5.41) is 3.19. The molecule has 1 saturated carbocycles. The number of hydrogen-bond acceptors (Lipinski definition) is 5. The van der Waals surface area contributed by atoms with Crippen LogP contribution in [0.3, 0.4) is 0 Å². The van der Waals surface area contributed by atoms with Gasteiger partial charge in [0.05, 0.1) is 13.7 Å². The van der Waals surface area contributed by atoms with Gasteiger partial charge in [-0.1, -0.05) is 22.0 Å². The molecule has 1 N–H and O–H groups in total. The minimum Gasteiger partial charge on any atom is -0.493 e. The molecule has 0 radical (unpaired) electrons. The predicted molar refractivity (Wildman–Crippen MR) is 122 cm³/mol. The fraction of sp³-hybridized carbons (Fsp3) is 0.417. The Morgan fingerprint density at radius 1 is 1.10 bits per heavy atom. The first-order valence-electron chi connectivity index (χ1n) is 10.5. The van der Waals surface area contributed by atoms with Crippen LogP contribution < -0.4 is 14.8 Å². The van der Waals surface area contributed by atoms with Crippen molar-refractivity contribution in [1.82, 2.24) is 5.32 Å². The van der Waals surface area contributed by atoms with E-state index in [0.29, 0.717) is 42.9 Å². The number of rotatable bonds is 7. The minimum atomic E-state index is -0.286. The van der Waals surface area contributed by atoms with Gasteiger partial charge in [-0.2, -0.15) is 0 Å². The third-order valence-electron chi connectivity index (χ3n) is 5.47. The molecular formula is C24H28BrNO5. The van der Waals surface area contributed by atoms with Crippen molar-refractivity contribution < 1.29 is 23.8 Å². The molecule has 166 valence electrons. The van der Waals surface area contributed by atoms with Crippen LogP contribution in [0.25, 0.3) is 0 Å². The van der Waals surface area contributed by atoms with Crippen LogP contribution in [0.4, 0.5) is 0 Å². The highest BCUT2D eigenvalue weighted by atomic mass is 79.9. The second-order valence-electron chi connectivity index (χ2n) is 7.58. The monoisotopic (exact) mass is 489 g/mol. The van der Waals surface area contributed by atoms with Crippen LogP contribution in [-0.4, -0.2) is 37.7 Å². The van der Waals surface area contributed by atoms with Crippen molar-refractivity contribution >= 4 is 27.8 Å². The van der Waals surface area contributed by atoms with E-state index >= 15 is 0 Å². The highest BCUT2D eigenvalue weighted by Gasteiger charge is 2.34. The minimum absolute atomic E-state index is 0.0254. The van der Waals surface area contributed by atoms with E-state index in [1.54, 1.807) is 19.2 Å². The van der Waals surface area contributed by atoms with E-state index in [4.69, 9.17) is 14.2 Å². The largest absolute Gasteiger partial charge is 0.493 e. The first-order valence-corrected chi connectivity index (χ1v) is 11.2. The molecule has 2 aromatic rings. The molecule has 0 aromatic heterocycles. The first kappa shape index (κ1) is 23.1. The van der Waals surface area contributed by atoms with E-state index in [1.165, 1.54) is 6.92 Å². The van der Waals surface area contributed by atoms with Crippen LogP contribution in [0.2, 0.25) is 0 Å². The van der Waals surface area contributed by atoms with E-state index in [2.05, 4.69) is 21.2 Å². The van der Waals surface area contributed by atoms with Crippen molar-refractivity contribution in [3.05, 3.63) is 58.1 Å². The molecule has 1 amide bonds. The maximum Gasteiger partial charge on any atom is 0.302 e. The van der Waals surface area contributed by atoms with Crippen LogP contribution in [0.5, 0.6) is 11.5 Å². The van der Waals surface area contributed by atoms with Gasteiger partial charge >= 0.3 is 5.97 Å². The number of carbonyl (C=O) groups excluding carboxylic acids is 2. The lowest BCUT2D eigenvalue weighted by atomic mass is 9.78. The Morgan fingerprint density at radius 2 is 1.84 bits per heavy atom. The molecule has 31 heavy (non-hydrogen) atoms. The summed E-state index contributed by atoms with van der Waals surface area (Å²) >= 11 is 3.40. The Bertz CT molecular complexity index is 915. The lowest BCUT2D eigenvalue weighted by Gasteiger charge is -2.36. The SMILES string of the molecule is CCOc1cc(C2CC(OC(C)=O)CCC2NC(=O)c2ccc(Br)cc2)ccc1OC. The number of amides is 1. The molecule has 2 aromatic carbocycles. The van der Waals surface area contributed by atoms with Gasteiger partial charge in [0.1, 0.15) is 6.10 Å². The molecule has 0 saturated heterocycles. The average molecular weight is 490 g/mol. The van der Waals surface area contributed by atoms with Crippen molar-refractivity contribution in [2.24, 2.45) is 0 Å². The highest BCUT2D eigenvalue weighted by molar-refractivity contribution is 9.10. The second kappa shape index (κ2) is 10.7. The Balaban J connectivity index is 1.86. The standard InChI is InChI=1S/C24H28BrNO5/c1-4-30-23-13-17(7-12-22(23)29-3)20-14-19(31-15(2)27)10-11-21(20)26-24(28)16-5-8-18(25)9-6-16/h5-9,12-13,19-21H,4,10-11,14H2,1-3H3,(H,26,28). The number of nitrogens with one attached hydrogen (secondary N) is 1. The Hall–Kier alpha value is -2.54. The summed E-state index contributed by atoms with van der Waals surface area (Å²) in [7, 11) is 1.61. The van der Waals surface area contributed by atoms with E-state index < -0.39 is 0 Å². The molecular weight excluding hydrogens is 462 g/mol. The predicted octanol–water partition coefficient (Wildman–Crippen LogP) is 4.85. The van der Waals surface area contributed by atoms with Gasteiger partial charge in [-0.25, -0.2) is 0 Å².